The Balaban J connectivity index is 2.61. The monoisotopic (exact) mass is 254 g/mol. The summed E-state index contributed by atoms with van der Waals surface area (Å²) in [6.07, 6.45) is 0. The van der Waals surface area contributed by atoms with E-state index in [-0.39, 0.29) is 5.78 Å². The molecule has 2 rings (SSSR count). The summed E-state index contributed by atoms with van der Waals surface area (Å²) in [7, 11) is 1.65. The summed E-state index contributed by atoms with van der Waals surface area (Å²) in [5.74, 6) is 0.848. The van der Waals surface area contributed by atoms with Gasteiger partial charge in [-0.1, -0.05) is 18.2 Å². The molecular weight excluding hydrogens is 236 g/mol. The normalized spacial score (nSPS) is 10.3. The molecule has 0 aliphatic carbocycles. The van der Waals surface area contributed by atoms with E-state index < -0.39 is 0 Å². The van der Waals surface area contributed by atoms with E-state index >= 15 is 0 Å². The van der Waals surface area contributed by atoms with Gasteiger partial charge >= 0.3 is 0 Å². The SMILES string of the molecule is COc1ccc(C(C)=O)cc1-c1ccc(C)c(C)c1. The van der Waals surface area contributed by atoms with Gasteiger partial charge in [-0.25, -0.2) is 0 Å². The lowest BCUT2D eigenvalue weighted by molar-refractivity contribution is 0.101. The molecule has 2 aromatic carbocycles. The highest BCUT2D eigenvalue weighted by atomic mass is 16.5. The molecule has 0 aliphatic rings. The summed E-state index contributed by atoms with van der Waals surface area (Å²) in [5, 5.41) is 0. The van der Waals surface area contributed by atoms with Crippen molar-refractivity contribution in [1.82, 2.24) is 0 Å². The molecule has 0 heterocycles. The Kier molecular flexibility index (Phi) is 3.70. The van der Waals surface area contributed by atoms with Crippen LogP contribution in [0.5, 0.6) is 5.75 Å². The lowest BCUT2D eigenvalue weighted by atomic mass is 9.97. The average Bonchev–Trinajstić information content (AvgIpc) is 2.41. The number of Topliss-reactive ketones (excluding diaryl/α,β-unsaturated/α-hetero) is 1. The van der Waals surface area contributed by atoms with Crippen molar-refractivity contribution in [3.63, 3.8) is 0 Å². The van der Waals surface area contributed by atoms with E-state index in [4.69, 9.17) is 4.74 Å². The summed E-state index contributed by atoms with van der Waals surface area (Å²) in [6.45, 7) is 5.74. The van der Waals surface area contributed by atoms with Gasteiger partial charge in [0.2, 0.25) is 0 Å². The zero-order valence-corrected chi connectivity index (χ0v) is 11.8. The predicted molar refractivity (Wildman–Crippen MR) is 77.9 cm³/mol. The van der Waals surface area contributed by atoms with Crippen molar-refractivity contribution >= 4 is 5.78 Å². The molecule has 0 atom stereocenters. The van der Waals surface area contributed by atoms with Crippen molar-refractivity contribution in [3.8, 4) is 16.9 Å². The van der Waals surface area contributed by atoms with Gasteiger partial charge in [0.05, 0.1) is 7.11 Å². The van der Waals surface area contributed by atoms with Crippen LogP contribution in [0, 0.1) is 13.8 Å². The number of carbonyl (C=O) groups excluding carboxylic acids is 1. The molecule has 2 nitrogen and oxygen atoms in total. The predicted octanol–water partition coefficient (Wildman–Crippen LogP) is 4.18. The third-order valence-electron chi connectivity index (χ3n) is 3.42. The van der Waals surface area contributed by atoms with E-state index in [9.17, 15) is 4.79 Å². The van der Waals surface area contributed by atoms with Gasteiger partial charge in [0.25, 0.3) is 0 Å². The van der Waals surface area contributed by atoms with Crippen molar-refractivity contribution in [1.29, 1.82) is 0 Å². The minimum atomic E-state index is 0.0627. The van der Waals surface area contributed by atoms with Crippen LogP contribution in [0.3, 0.4) is 0 Å². The largest absolute Gasteiger partial charge is 0.496 e. The highest BCUT2D eigenvalue weighted by molar-refractivity contribution is 5.96. The van der Waals surface area contributed by atoms with Crippen LogP contribution < -0.4 is 4.74 Å². The second-order valence-electron chi connectivity index (χ2n) is 4.77. The van der Waals surface area contributed by atoms with Gasteiger partial charge < -0.3 is 4.74 Å². The molecule has 0 unspecified atom stereocenters. The summed E-state index contributed by atoms with van der Waals surface area (Å²) in [5.41, 5.74) is 5.22. The van der Waals surface area contributed by atoms with Gasteiger partial charge in [0.15, 0.2) is 5.78 Å². The van der Waals surface area contributed by atoms with Crippen molar-refractivity contribution in [2.24, 2.45) is 0 Å². The number of hydrogen-bond acceptors (Lipinski definition) is 2. The van der Waals surface area contributed by atoms with Gasteiger partial charge in [-0.05, 0) is 55.7 Å². The first-order chi connectivity index (χ1) is 9.02. The highest BCUT2D eigenvalue weighted by Gasteiger charge is 2.10. The van der Waals surface area contributed by atoms with Crippen LogP contribution in [-0.4, -0.2) is 12.9 Å². The first-order valence-corrected chi connectivity index (χ1v) is 6.29. The van der Waals surface area contributed by atoms with Crippen LogP contribution in [-0.2, 0) is 0 Å². The quantitative estimate of drug-likeness (QED) is 0.768. The van der Waals surface area contributed by atoms with Crippen molar-refractivity contribution in [2.45, 2.75) is 20.8 Å². The summed E-state index contributed by atoms with van der Waals surface area (Å²) in [6, 6.07) is 11.8. The number of aryl methyl sites for hydroxylation is 2. The first kappa shape index (κ1) is 13.3. The van der Waals surface area contributed by atoms with Crippen molar-refractivity contribution < 1.29 is 9.53 Å². The molecule has 0 aliphatic heterocycles. The van der Waals surface area contributed by atoms with E-state index in [0.29, 0.717) is 5.56 Å². The summed E-state index contributed by atoms with van der Waals surface area (Å²) >= 11 is 0. The van der Waals surface area contributed by atoms with Crippen LogP contribution in [0.2, 0.25) is 0 Å². The summed E-state index contributed by atoms with van der Waals surface area (Å²) < 4.78 is 5.39. The topological polar surface area (TPSA) is 26.3 Å². The lowest BCUT2D eigenvalue weighted by Gasteiger charge is -2.11. The fourth-order valence-corrected chi connectivity index (χ4v) is 2.06. The van der Waals surface area contributed by atoms with Gasteiger partial charge in [-0.3, -0.25) is 4.79 Å². The molecular formula is C17H18O2. The standard InChI is InChI=1S/C17H18O2/c1-11-5-6-15(9-12(11)2)16-10-14(13(3)18)7-8-17(16)19-4/h5-10H,1-4H3. The number of hydrogen-bond donors (Lipinski definition) is 0. The van der Waals surface area contributed by atoms with E-state index in [2.05, 4.69) is 32.0 Å². The van der Waals surface area contributed by atoms with Crippen molar-refractivity contribution in [2.75, 3.05) is 7.11 Å². The fraction of sp³-hybridized carbons (Fsp3) is 0.235. The Morgan fingerprint density at radius 1 is 1.00 bits per heavy atom. The van der Waals surface area contributed by atoms with E-state index in [1.807, 2.05) is 12.1 Å². The van der Waals surface area contributed by atoms with Crippen LogP contribution >= 0.6 is 0 Å². The first-order valence-electron chi connectivity index (χ1n) is 6.29. The number of rotatable bonds is 3. The minimum absolute atomic E-state index is 0.0627. The smallest absolute Gasteiger partial charge is 0.159 e. The maximum Gasteiger partial charge on any atom is 0.159 e. The third kappa shape index (κ3) is 2.68. The van der Waals surface area contributed by atoms with Crippen LogP contribution in [0.4, 0.5) is 0 Å². The van der Waals surface area contributed by atoms with Gasteiger partial charge in [0.1, 0.15) is 5.75 Å². The Bertz CT molecular complexity index is 627. The second kappa shape index (κ2) is 5.27. The molecule has 98 valence electrons. The van der Waals surface area contributed by atoms with E-state index in [1.54, 1.807) is 20.1 Å². The van der Waals surface area contributed by atoms with Crippen LogP contribution in [0.15, 0.2) is 36.4 Å². The minimum Gasteiger partial charge on any atom is -0.496 e. The van der Waals surface area contributed by atoms with Crippen molar-refractivity contribution in [3.05, 3.63) is 53.1 Å². The maximum atomic E-state index is 11.5. The fourth-order valence-electron chi connectivity index (χ4n) is 2.06. The second-order valence-corrected chi connectivity index (χ2v) is 4.77. The zero-order valence-electron chi connectivity index (χ0n) is 11.8. The van der Waals surface area contributed by atoms with Gasteiger partial charge in [-0.15, -0.1) is 0 Å². The molecule has 0 aromatic heterocycles. The Hall–Kier alpha value is -2.09. The average molecular weight is 254 g/mol. The van der Waals surface area contributed by atoms with Gasteiger partial charge in [-0.2, -0.15) is 0 Å². The zero-order chi connectivity index (χ0) is 14.0. The molecule has 2 heteroatoms. The molecule has 0 radical (unpaired) electrons. The van der Waals surface area contributed by atoms with E-state index in [1.165, 1.54) is 11.1 Å². The number of methoxy groups -OCH3 is 1. The van der Waals surface area contributed by atoms with Crippen LogP contribution in [0.25, 0.3) is 11.1 Å². The Labute approximate surface area is 114 Å². The number of ether oxygens (including phenoxy) is 1. The number of ketones is 1. The Morgan fingerprint density at radius 3 is 2.32 bits per heavy atom. The summed E-state index contributed by atoms with van der Waals surface area (Å²) in [4.78, 5) is 11.5. The van der Waals surface area contributed by atoms with Gasteiger partial charge in [0, 0.05) is 11.1 Å². The molecule has 0 saturated carbocycles. The molecule has 0 fully saturated rings. The molecule has 0 amide bonds. The van der Waals surface area contributed by atoms with Crippen LogP contribution in [0.1, 0.15) is 28.4 Å². The lowest BCUT2D eigenvalue weighted by Crippen LogP contribution is -1.95. The molecule has 0 bridgehead atoms. The number of carbonyl (C=O) groups is 1. The molecule has 0 spiro atoms. The molecule has 0 saturated heterocycles. The maximum absolute atomic E-state index is 11.5. The highest BCUT2D eigenvalue weighted by Crippen LogP contribution is 2.32. The molecule has 19 heavy (non-hydrogen) atoms. The number of benzene rings is 2. The molecule has 2 aromatic rings. The van der Waals surface area contributed by atoms with E-state index in [0.717, 1.165) is 16.9 Å². The molecule has 0 N–H and O–H groups in total. The Morgan fingerprint density at radius 2 is 1.74 bits per heavy atom. The third-order valence-corrected chi connectivity index (χ3v) is 3.42.